The lowest BCUT2D eigenvalue weighted by atomic mass is 10.1. The molecule has 0 saturated carbocycles. The van der Waals surface area contributed by atoms with Crippen molar-refractivity contribution in [3.8, 4) is 5.75 Å². The molecule has 2 aromatic heterocycles. The number of fused-ring (bicyclic) bond motifs is 3. The van der Waals surface area contributed by atoms with Gasteiger partial charge in [0, 0.05) is 26.7 Å². The van der Waals surface area contributed by atoms with E-state index in [0.29, 0.717) is 37.3 Å². The molecule has 1 amide bonds. The minimum absolute atomic E-state index is 0.0914. The Morgan fingerprint density at radius 3 is 2.64 bits per heavy atom. The number of aromatic hydroxyl groups is 1. The lowest BCUT2D eigenvalue weighted by Crippen LogP contribution is -2.36. The molecule has 0 atom stereocenters. The van der Waals surface area contributed by atoms with Gasteiger partial charge < -0.3 is 20.1 Å². The van der Waals surface area contributed by atoms with Gasteiger partial charge in [0.05, 0.1) is 29.8 Å². The van der Waals surface area contributed by atoms with E-state index >= 15 is 0 Å². The first-order valence-corrected chi connectivity index (χ1v) is 10.5. The van der Waals surface area contributed by atoms with E-state index in [1.165, 1.54) is 16.6 Å². The van der Waals surface area contributed by atoms with Crippen LogP contribution in [0.25, 0.3) is 16.6 Å². The zero-order chi connectivity index (χ0) is 23.1. The van der Waals surface area contributed by atoms with Crippen molar-refractivity contribution in [3.63, 3.8) is 0 Å². The smallest absolute Gasteiger partial charge is 0.315 e. The molecule has 3 heterocycles. The Hall–Kier alpha value is -3.92. The second-order valence-corrected chi connectivity index (χ2v) is 7.85. The number of aryl methyl sites for hydroxylation is 1. The third-order valence-electron chi connectivity index (χ3n) is 5.86. The molecule has 1 aliphatic rings. The number of amides is 1. The summed E-state index contributed by atoms with van der Waals surface area (Å²) in [5, 5.41) is 13.9. The van der Waals surface area contributed by atoms with Gasteiger partial charge in [-0.1, -0.05) is 18.2 Å². The molecule has 1 saturated heterocycles. The summed E-state index contributed by atoms with van der Waals surface area (Å²) in [6, 6.07) is 11.4. The van der Waals surface area contributed by atoms with E-state index in [2.05, 4.69) is 15.2 Å². The van der Waals surface area contributed by atoms with Gasteiger partial charge in [0.1, 0.15) is 5.82 Å². The highest BCUT2D eigenvalue weighted by Crippen LogP contribution is 2.31. The van der Waals surface area contributed by atoms with Crippen LogP contribution in [-0.2, 0) is 18.3 Å². The summed E-state index contributed by atoms with van der Waals surface area (Å²) in [5.74, 6) is -1.81. The molecule has 170 valence electrons. The number of ether oxygens (including phenoxy) is 1. The van der Waals surface area contributed by atoms with Crippen molar-refractivity contribution in [2.24, 2.45) is 7.05 Å². The third-order valence-corrected chi connectivity index (χ3v) is 5.86. The van der Waals surface area contributed by atoms with Gasteiger partial charge in [-0.2, -0.15) is 4.52 Å². The maximum Gasteiger partial charge on any atom is 0.315 e. The fourth-order valence-corrected chi connectivity index (χ4v) is 4.17. The first-order chi connectivity index (χ1) is 16.0. The van der Waals surface area contributed by atoms with Crippen LogP contribution in [-0.4, -0.2) is 51.5 Å². The molecule has 10 heteroatoms. The van der Waals surface area contributed by atoms with Crippen molar-refractivity contribution < 1.29 is 19.0 Å². The predicted molar refractivity (Wildman–Crippen MR) is 120 cm³/mol. The van der Waals surface area contributed by atoms with Crippen molar-refractivity contribution in [1.29, 1.82) is 0 Å². The molecule has 33 heavy (non-hydrogen) atoms. The fraction of sp³-hybridized carbons (Fsp3) is 0.261. The van der Waals surface area contributed by atoms with Crippen LogP contribution < -0.4 is 15.8 Å². The zero-order valence-electron chi connectivity index (χ0n) is 17.9. The largest absolute Gasteiger partial charge is 0.501 e. The van der Waals surface area contributed by atoms with Gasteiger partial charge in [0.2, 0.25) is 5.75 Å². The Morgan fingerprint density at radius 1 is 1.18 bits per heavy atom. The second kappa shape index (κ2) is 8.21. The van der Waals surface area contributed by atoms with Crippen LogP contribution in [0.5, 0.6) is 5.75 Å². The molecule has 0 radical (unpaired) electrons. The maximum atomic E-state index is 13.1. The Labute approximate surface area is 187 Å². The Kier molecular flexibility index (Phi) is 5.21. The molecule has 0 aliphatic carbocycles. The monoisotopic (exact) mass is 451 g/mol. The molecule has 1 fully saturated rings. The molecule has 4 aromatic rings. The van der Waals surface area contributed by atoms with Gasteiger partial charge >= 0.3 is 5.56 Å². The summed E-state index contributed by atoms with van der Waals surface area (Å²) in [6.45, 7) is 2.65. The van der Waals surface area contributed by atoms with Crippen LogP contribution in [0.3, 0.4) is 0 Å². The molecular formula is C23H22FN5O4. The number of carbonyl (C=O) groups excluding carboxylic acids is 1. The number of hydrogen-bond acceptors (Lipinski definition) is 6. The number of anilines is 1. The first-order valence-electron chi connectivity index (χ1n) is 10.5. The molecular weight excluding hydrogens is 429 g/mol. The fourth-order valence-electron chi connectivity index (χ4n) is 4.17. The highest BCUT2D eigenvalue weighted by Gasteiger charge is 2.25. The number of morpholine rings is 1. The van der Waals surface area contributed by atoms with E-state index in [4.69, 9.17) is 4.74 Å². The van der Waals surface area contributed by atoms with Crippen LogP contribution in [0.2, 0.25) is 0 Å². The van der Waals surface area contributed by atoms with E-state index in [-0.39, 0.29) is 23.7 Å². The molecule has 2 aromatic carbocycles. The number of aromatic nitrogens is 3. The number of carbonyl (C=O) groups is 1. The first kappa shape index (κ1) is 21.0. The summed E-state index contributed by atoms with van der Waals surface area (Å²) in [4.78, 5) is 32.5. The lowest BCUT2D eigenvalue weighted by Gasteiger charge is -2.29. The van der Waals surface area contributed by atoms with Gasteiger partial charge in [-0.25, -0.2) is 9.37 Å². The van der Waals surface area contributed by atoms with E-state index in [0.717, 1.165) is 11.2 Å². The van der Waals surface area contributed by atoms with Crippen molar-refractivity contribution in [1.82, 2.24) is 19.5 Å². The maximum absolute atomic E-state index is 13.1. The van der Waals surface area contributed by atoms with E-state index in [1.54, 1.807) is 23.9 Å². The Balaban J connectivity index is 1.61. The van der Waals surface area contributed by atoms with Crippen LogP contribution in [0.1, 0.15) is 16.1 Å². The zero-order valence-corrected chi connectivity index (χ0v) is 17.9. The predicted octanol–water partition coefficient (Wildman–Crippen LogP) is 1.80. The van der Waals surface area contributed by atoms with Crippen LogP contribution in [0.4, 0.5) is 10.1 Å². The lowest BCUT2D eigenvalue weighted by molar-refractivity contribution is 0.0942. The molecule has 0 spiro atoms. The minimum Gasteiger partial charge on any atom is -0.501 e. The molecule has 1 aliphatic heterocycles. The summed E-state index contributed by atoms with van der Waals surface area (Å²) in [6.07, 6.45) is 0. The Morgan fingerprint density at radius 2 is 1.91 bits per heavy atom. The number of nitrogens with one attached hydrogen (secondary N) is 1. The van der Waals surface area contributed by atoms with Crippen LogP contribution >= 0.6 is 0 Å². The van der Waals surface area contributed by atoms with Crippen molar-refractivity contribution >= 4 is 28.1 Å². The normalized spacial score (nSPS) is 14.2. The molecule has 5 rings (SSSR count). The number of halogens is 1. The summed E-state index contributed by atoms with van der Waals surface area (Å²) >= 11 is 0. The van der Waals surface area contributed by atoms with Crippen LogP contribution in [0.15, 0.2) is 47.3 Å². The van der Waals surface area contributed by atoms with Crippen LogP contribution in [0, 0.1) is 5.82 Å². The van der Waals surface area contributed by atoms with Crippen molar-refractivity contribution in [2.45, 2.75) is 6.54 Å². The van der Waals surface area contributed by atoms with Gasteiger partial charge in [0.25, 0.3) is 5.91 Å². The molecule has 9 nitrogen and oxygen atoms in total. The quantitative estimate of drug-likeness (QED) is 0.491. The van der Waals surface area contributed by atoms with Gasteiger partial charge in [-0.15, -0.1) is 0 Å². The second-order valence-electron chi connectivity index (χ2n) is 7.85. The molecule has 0 unspecified atom stereocenters. The standard InChI is InChI=1S/C23H22FN5O4/c1-27-16-3-2-4-17(28-9-11-33-12-10-28)18(16)21-26-19(20(30)23(32)29(21)27)22(31)25-13-14-5-7-15(24)8-6-14/h2-8,30H,9-13H2,1H3,(H,25,31). The summed E-state index contributed by atoms with van der Waals surface area (Å²) in [7, 11) is 1.70. The van der Waals surface area contributed by atoms with Gasteiger partial charge in [-0.3, -0.25) is 14.3 Å². The number of nitrogens with zero attached hydrogens (tertiary/aromatic N) is 4. The summed E-state index contributed by atoms with van der Waals surface area (Å²) < 4.78 is 21.4. The Bertz CT molecular complexity index is 1420. The van der Waals surface area contributed by atoms with E-state index in [9.17, 15) is 19.1 Å². The third kappa shape index (κ3) is 3.58. The topological polar surface area (TPSA) is 101 Å². The number of benzene rings is 2. The SMILES string of the molecule is Cn1c2cccc(N3CCOCC3)c2c2nc(C(=O)NCc3ccc(F)cc3)c(O)c(=O)n21. The van der Waals surface area contributed by atoms with Crippen molar-refractivity contribution in [3.05, 3.63) is 69.9 Å². The van der Waals surface area contributed by atoms with Crippen molar-refractivity contribution in [2.75, 3.05) is 31.2 Å². The van der Waals surface area contributed by atoms with Gasteiger partial charge in [0.15, 0.2) is 11.3 Å². The average Bonchev–Trinajstić information content (AvgIpc) is 3.13. The highest BCUT2D eigenvalue weighted by atomic mass is 19.1. The number of hydrogen-bond donors (Lipinski definition) is 2. The van der Waals surface area contributed by atoms with Gasteiger partial charge in [-0.05, 0) is 29.8 Å². The minimum atomic E-state index is -0.737. The summed E-state index contributed by atoms with van der Waals surface area (Å²) in [5.41, 5.74) is 1.48. The molecule has 2 N–H and O–H groups in total. The number of rotatable bonds is 4. The van der Waals surface area contributed by atoms with E-state index in [1.807, 2.05) is 18.2 Å². The van der Waals surface area contributed by atoms with E-state index < -0.39 is 17.2 Å². The molecule has 0 bridgehead atoms. The average molecular weight is 451 g/mol. The highest BCUT2D eigenvalue weighted by molar-refractivity contribution is 6.04.